The van der Waals surface area contributed by atoms with E-state index in [0.29, 0.717) is 0 Å². The molecule has 5 heteroatoms. The van der Waals surface area contributed by atoms with Gasteiger partial charge in [0.05, 0.1) is 28.5 Å². The van der Waals surface area contributed by atoms with Crippen LogP contribution < -0.4 is 5.32 Å². The molecule has 0 aliphatic carbocycles. The van der Waals surface area contributed by atoms with Crippen LogP contribution in [-0.2, 0) is 21.7 Å². The molecule has 36 heavy (non-hydrogen) atoms. The first-order valence-corrected chi connectivity index (χ1v) is 13.1. The molecular weight excluding hydrogens is 442 g/mol. The highest BCUT2D eigenvalue weighted by atomic mass is 15.0. The standard InChI is InChI=1S/C31H45N5/c1-28(2,3)22-19-34-26(27(32-11)36-22)31(9,10)18-17-30(7,8)23-20-33-25(29(4,5)6)24(35-23)21-15-13-12-14-16-21/h12-16,19-20H,17-18H2,1-11H3,(H,32,36). The molecule has 0 atom stereocenters. The highest BCUT2D eigenvalue weighted by Gasteiger charge is 2.33. The van der Waals surface area contributed by atoms with Gasteiger partial charge in [-0.05, 0) is 12.8 Å². The second kappa shape index (κ2) is 9.91. The summed E-state index contributed by atoms with van der Waals surface area (Å²) in [5.74, 6) is 0.867. The van der Waals surface area contributed by atoms with Crippen molar-refractivity contribution in [1.82, 2.24) is 19.9 Å². The normalized spacial score (nSPS) is 13.1. The SMILES string of the molecule is CNc1nc(C(C)(C)C)cnc1C(C)(C)CCC(C)(C)c1cnc(C(C)(C)C)c(-c2ccccc2)n1. The van der Waals surface area contributed by atoms with Crippen LogP contribution in [0, 0.1) is 0 Å². The maximum absolute atomic E-state index is 5.22. The third-order valence-electron chi connectivity index (χ3n) is 7.02. The van der Waals surface area contributed by atoms with E-state index in [-0.39, 0.29) is 21.7 Å². The summed E-state index contributed by atoms with van der Waals surface area (Å²) in [7, 11) is 1.93. The van der Waals surface area contributed by atoms with E-state index in [1.807, 2.05) is 25.5 Å². The lowest BCUT2D eigenvalue weighted by Gasteiger charge is -2.32. The fourth-order valence-electron chi connectivity index (χ4n) is 4.35. The Bertz CT molecular complexity index is 1180. The summed E-state index contributed by atoms with van der Waals surface area (Å²) in [5.41, 5.74) is 5.71. The molecule has 5 nitrogen and oxygen atoms in total. The molecule has 0 bridgehead atoms. The minimum absolute atomic E-state index is 0.0440. The van der Waals surface area contributed by atoms with Gasteiger partial charge in [0.2, 0.25) is 0 Å². The summed E-state index contributed by atoms with van der Waals surface area (Å²) in [6.07, 6.45) is 5.81. The molecule has 0 saturated heterocycles. The smallest absolute Gasteiger partial charge is 0.148 e. The third kappa shape index (κ3) is 6.11. The van der Waals surface area contributed by atoms with E-state index in [0.717, 1.165) is 52.7 Å². The second-order valence-electron chi connectivity index (χ2n) is 13.3. The van der Waals surface area contributed by atoms with Gasteiger partial charge in [0, 0.05) is 46.7 Å². The summed E-state index contributed by atoms with van der Waals surface area (Å²) >= 11 is 0. The molecule has 2 heterocycles. The van der Waals surface area contributed by atoms with Crippen molar-refractivity contribution in [2.24, 2.45) is 0 Å². The molecule has 0 radical (unpaired) electrons. The van der Waals surface area contributed by atoms with Gasteiger partial charge >= 0.3 is 0 Å². The van der Waals surface area contributed by atoms with Crippen LogP contribution in [-0.4, -0.2) is 27.0 Å². The van der Waals surface area contributed by atoms with Gasteiger partial charge in [0.25, 0.3) is 0 Å². The zero-order chi connectivity index (χ0) is 26.9. The number of hydrogen-bond acceptors (Lipinski definition) is 5. The van der Waals surface area contributed by atoms with Gasteiger partial charge in [0.15, 0.2) is 0 Å². The fourth-order valence-corrected chi connectivity index (χ4v) is 4.35. The van der Waals surface area contributed by atoms with Crippen molar-refractivity contribution in [3.05, 3.63) is 65.5 Å². The Kier molecular flexibility index (Phi) is 7.64. The molecule has 0 fully saturated rings. The molecular formula is C31H45N5. The maximum Gasteiger partial charge on any atom is 0.148 e. The lowest BCUT2D eigenvalue weighted by atomic mass is 9.75. The van der Waals surface area contributed by atoms with Crippen molar-refractivity contribution in [2.75, 3.05) is 12.4 Å². The summed E-state index contributed by atoms with van der Waals surface area (Å²) in [6.45, 7) is 22.1. The number of aromatic nitrogens is 4. The zero-order valence-electron chi connectivity index (χ0n) is 24.2. The summed E-state index contributed by atoms with van der Waals surface area (Å²) in [6, 6.07) is 10.4. The highest BCUT2D eigenvalue weighted by Crippen LogP contribution is 2.39. The van der Waals surface area contributed by atoms with Crippen molar-refractivity contribution >= 4 is 5.82 Å². The number of anilines is 1. The predicted octanol–water partition coefficient (Wildman–Crippen LogP) is 7.61. The monoisotopic (exact) mass is 487 g/mol. The van der Waals surface area contributed by atoms with Crippen LogP contribution in [0.1, 0.15) is 105 Å². The number of rotatable bonds is 7. The van der Waals surface area contributed by atoms with Crippen molar-refractivity contribution < 1.29 is 0 Å². The van der Waals surface area contributed by atoms with E-state index < -0.39 is 0 Å². The van der Waals surface area contributed by atoms with Crippen molar-refractivity contribution in [3.63, 3.8) is 0 Å². The van der Waals surface area contributed by atoms with Gasteiger partial charge in [-0.25, -0.2) is 9.97 Å². The fraction of sp³-hybridized carbons (Fsp3) is 0.548. The van der Waals surface area contributed by atoms with Crippen LogP contribution >= 0.6 is 0 Å². The zero-order valence-corrected chi connectivity index (χ0v) is 24.2. The first-order valence-electron chi connectivity index (χ1n) is 13.1. The molecule has 0 amide bonds. The lowest BCUT2D eigenvalue weighted by molar-refractivity contribution is 0.362. The number of hydrogen-bond donors (Lipinski definition) is 1. The summed E-state index contributed by atoms with van der Waals surface area (Å²) < 4.78 is 0. The van der Waals surface area contributed by atoms with Crippen LogP contribution in [0.2, 0.25) is 0 Å². The van der Waals surface area contributed by atoms with E-state index in [9.17, 15) is 0 Å². The average Bonchev–Trinajstić information content (AvgIpc) is 2.81. The molecule has 0 aliphatic rings. The minimum Gasteiger partial charge on any atom is -0.372 e. The van der Waals surface area contributed by atoms with Crippen LogP contribution in [0.15, 0.2) is 42.7 Å². The molecule has 3 aromatic rings. The van der Waals surface area contributed by atoms with Crippen molar-refractivity contribution in [3.8, 4) is 11.3 Å². The minimum atomic E-state index is -0.153. The van der Waals surface area contributed by atoms with Gasteiger partial charge in [-0.15, -0.1) is 0 Å². The molecule has 2 aromatic heterocycles. The summed E-state index contributed by atoms with van der Waals surface area (Å²) in [5, 5.41) is 3.29. The lowest BCUT2D eigenvalue weighted by Crippen LogP contribution is -2.28. The van der Waals surface area contributed by atoms with Crippen LogP contribution in [0.5, 0.6) is 0 Å². The van der Waals surface area contributed by atoms with E-state index >= 15 is 0 Å². The molecule has 0 aliphatic heterocycles. The third-order valence-corrected chi connectivity index (χ3v) is 7.02. The maximum atomic E-state index is 5.22. The molecule has 0 unspecified atom stereocenters. The molecule has 194 valence electrons. The van der Waals surface area contributed by atoms with E-state index in [1.165, 1.54) is 0 Å². The Morgan fingerprint density at radius 3 is 1.75 bits per heavy atom. The Hall–Kier alpha value is -2.82. The molecule has 1 N–H and O–H groups in total. The van der Waals surface area contributed by atoms with Crippen LogP contribution in [0.4, 0.5) is 5.82 Å². The van der Waals surface area contributed by atoms with Gasteiger partial charge in [-0.3, -0.25) is 9.97 Å². The molecule has 0 spiro atoms. The first-order chi connectivity index (χ1) is 16.6. The molecule has 1 aromatic carbocycles. The van der Waals surface area contributed by atoms with Gasteiger partial charge in [-0.1, -0.05) is 99.6 Å². The summed E-state index contributed by atoms with van der Waals surface area (Å²) in [4.78, 5) is 20.0. The van der Waals surface area contributed by atoms with E-state index in [2.05, 4.69) is 98.8 Å². The largest absolute Gasteiger partial charge is 0.372 e. The Balaban J connectivity index is 1.92. The van der Waals surface area contributed by atoms with Gasteiger partial charge in [-0.2, -0.15) is 0 Å². The highest BCUT2D eigenvalue weighted by molar-refractivity contribution is 5.63. The van der Waals surface area contributed by atoms with Crippen LogP contribution in [0.25, 0.3) is 11.3 Å². The average molecular weight is 488 g/mol. The molecule has 3 rings (SSSR count). The second-order valence-corrected chi connectivity index (χ2v) is 13.3. The van der Waals surface area contributed by atoms with E-state index in [4.69, 9.17) is 19.9 Å². The Morgan fingerprint density at radius 2 is 1.19 bits per heavy atom. The number of nitrogens with zero attached hydrogens (tertiary/aromatic N) is 4. The predicted molar refractivity (Wildman–Crippen MR) is 152 cm³/mol. The number of benzene rings is 1. The van der Waals surface area contributed by atoms with E-state index in [1.54, 1.807) is 0 Å². The number of nitrogens with one attached hydrogen (secondary N) is 1. The Morgan fingerprint density at radius 1 is 0.639 bits per heavy atom. The molecule has 0 saturated carbocycles. The van der Waals surface area contributed by atoms with Crippen molar-refractivity contribution in [2.45, 2.75) is 104 Å². The topological polar surface area (TPSA) is 63.6 Å². The quantitative estimate of drug-likeness (QED) is 0.371. The Labute approximate surface area is 218 Å². The van der Waals surface area contributed by atoms with Crippen molar-refractivity contribution in [1.29, 1.82) is 0 Å². The first kappa shape index (κ1) is 27.8. The van der Waals surface area contributed by atoms with Gasteiger partial charge < -0.3 is 5.32 Å². The van der Waals surface area contributed by atoms with Crippen LogP contribution in [0.3, 0.4) is 0 Å². The van der Waals surface area contributed by atoms with Gasteiger partial charge in [0.1, 0.15) is 5.82 Å².